The fourth-order valence-corrected chi connectivity index (χ4v) is 2.46. The van der Waals surface area contributed by atoms with Crippen LogP contribution in [-0.2, 0) is 9.59 Å². The summed E-state index contributed by atoms with van der Waals surface area (Å²) >= 11 is 0. The third-order valence-corrected chi connectivity index (χ3v) is 3.35. The number of Topliss-reactive ketones (excluding diaryl/α,β-unsaturated/α-hetero) is 2. The van der Waals surface area contributed by atoms with Gasteiger partial charge in [0.05, 0.1) is 0 Å². The minimum absolute atomic E-state index is 0.0787. The van der Waals surface area contributed by atoms with Crippen molar-refractivity contribution < 1.29 is 9.59 Å². The van der Waals surface area contributed by atoms with Gasteiger partial charge < -0.3 is 0 Å². The summed E-state index contributed by atoms with van der Waals surface area (Å²) in [5.74, 6) is 0.710. The van der Waals surface area contributed by atoms with E-state index in [0.717, 1.165) is 12.8 Å². The van der Waals surface area contributed by atoms with Crippen LogP contribution in [0.4, 0.5) is 0 Å². The molecule has 0 aromatic heterocycles. The summed E-state index contributed by atoms with van der Waals surface area (Å²) in [6.07, 6.45) is 2.88. The van der Waals surface area contributed by atoms with Gasteiger partial charge in [-0.15, -0.1) is 0 Å². The molecule has 0 amide bonds. The van der Waals surface area contributed by atoms with Crippen LogP contribution < -0.4 is 0 Å². The van der Waals surface area contributed by atoms with E-state index in [-0.39, 0.29) is 11.3 Å². The van der Waals surface area contributed by atoms with Crippen molar-refractivity contribution in [2.45, 2.75) is 32.6 Å². The average molecular weight is 152 g/mol. The quantitative estimate of drug-likeness (QED) is 0.524. The van der Waals surface area contributed by atoms with Crippen molar-refractivity contribution >= 4 is 11.6 Å². The smallest absolute Gasteiger partial charge is 0.139 e. The Morgan fingerprint density at radius 3 is 2.73 bits per heavy atom. The molecule has 2 heteroatoms. The van der Waals surface area contributed by atoms with Gasteiger partial charge in [-0.25, -0.2) is 0 Å². The lowest BCUT2D eigenvalue weighted by Crippen LogP contribution is -2.25. The Bertz CT molecular complexity index is 232. The lowest BCUT2D eigenvalue weighted by atomic mass is 9.82. The van der Waals surface area contributed by atoms with Crippen LogP contribution in [0.15, 0.2) is 0 Å². The second-order valence-electron chi connectivity index (χ2n) is 3.90. The summed E-state index contributed by atoms with van der Waals surface area (Å²) in [6.45, 7) is 1.96. The SMILES string of the molecule is C[C@]12CCC(=O)[C@H]1CCC2=O. The molecule has 11 heavy (non-hydrogen) atoms. The van der Waals surface area contributed by atoms with E-state index in [0.29, 0.717) is 24.4 Å². The molecule has 0 N–H and O–H groups in total. The standard InChI is InChI=1S/C9H12O2/c1-9-5-4-7(10)6(9)2-3-8(9)11/h6H,2-5H2,1H3/t6-,9+/m1/s1. The Kier molecular flexibility index (Phi) is 1.23. The summed E-state index contributed by atoms with van der Waals surface area (Å²) in [5.41, 5.74) is -0.253. The van der Waals surface area contributed by atoms with Gasteiger partial charge in [0.1, 0.15) is 11.6 Å². The molecule has 0 spiro atoms. The topological polar surface area (TPSA) is 34.1 Å². The Morgan fingerprint density at radius 2 is 2.09 bits per heavy atom. The second kappa shape index (κ2) is 1.93. The molecule has 0 aromatic rings. The molecule has 0 radical (unpaired) electrons. The van der Waals surface area contributed by atoms with E-state index in [9.17, 15) is 9.59 Å². The van der Waals surface area contributed by atoms with Gasteiger partial charge >= 0.3 is 0 Å². The van der Waals surface area contributed by atoms with E-state index in [4.69, 9.17) is 0 Å². The van der Waals surface area contributed by atoms with E-state index in [1.165, 1.54) is 0 Å². The molecule has 0 bridgehead atoms. The zero-order chi connectivity index (χ0) is 8.06. The van der Waals surface area contributed by atoms with Gasteiger partial charge in [-0.05, 0) is 12.8 Å². The first-order chi connectivity index (χ1) is 5.14. The highest BCUT2D eigenvalue weighted by Crippen LogP contribution is 2.49. The normalized spacial score (nSPS) is 43.2. The fraction of sp³-hybridized carbons (Fsp3) is 0.778. The van der Waals surface area contributed by atoms with Crippen molar-refractivity contribution in [2.75, 3.05) is 0 Å². The third kappa shape index (κ3) is 0.725. The number of carbonyl (C=O) groups excluding carboxylic acids is 2. The lowest BCUT2D eigenvalue weighted by molar-refractivity contribution is -0.128. The van der Waals surface area contributed by atoms with Gasteiger partial charge in [0.25, 0.3) is 0 Å². The third-order valence-electron chi connectivity index (χ3n) is 3.35. The fourth-order valence-electron chi connectivity index (χ4n) is 2.46. The minimum Gasteiger partial charge on any atom is -0.299 e. The predicted octanol–water partition coefficient (Wildman–Crippen LogP) is 1.33. The first-order valence-electron chi connectivity index (χ1n) is 4.20. The number of hydrogen-bond donors (Lipinski definition) is 0. The summed E-state index contributed by atoms with van der Waals surface area (Å²) in [5, 5.41) is 0. The van der Waals surface area contributed by atoms with Gasteiger partial charge in [-0.1, -0.05) is 6.92 Å². The second-order valence-corrected chi connectivity index (χ2v) is 3.90. The molecule has 0 heterocycles. The maximum Gasteiger partial charge on any atom is 0.139 e. The van der Waals surface area contributed by atoms with Gasteiger partial charge in [0.2, 0.25) is 0 Å². The zero-order valence-electron chi connectivity index (χ0n) is 6.72. The van der Waals surface area contributed by atoms with Gasteiger partial charge in [0, 0.05) is 24.2 Å². The average Bonchev–Trinajstić information content (AvgIpc) is 2.39. The highest BCUT2D eigenvalue weighted by atomic mass is 16.1. The molecule has 2 nitrogen and oxygen atoms in total. The molecule has 2 fully saturated rings. The zero-order valence-corrected chi connectivity index (χ0v) is 6.72. The van der Waals surface area contributed by atoms with E-state index in [2.05, 4.69) is 0 Å². The molecular formula is C9H12O2. The number of ketones is 2. The molecule has 2 aliphatic rings. The van der Waals surface area contributed by atoms with Crippen LogP contribution in [-0.4, -0.2) is 11.6 Å². The maximum atomic E-state index is 11.4. The molecule has 0 unspecified atom stereocenters. The van der Waals surface area contributed by atoms with E-state index >= 15 is 0 Å². The molecule has 0 aliphatic heterocycles. The highest BCUT2D eigenvalue weighted by Gasteiger charge is 2.52. The van der Waals surface area contributed by atoms with Crippen LogP contribution in [0.5, 0.6) is 0 Å². The predicted molar refractivity (Wildman–Crippen MR) is 40.1 cm³/mol. The first-order valence-corrected chi connectivity index (χ1v) is 4.20. The van der Waals surface area contributed by atoms with Crippen molar-refractivity contribution in [3.05, 3.63) is 0 Å². The highest BCUT2D eigenvalue weighted by molar-refractivity contribution is 5.98. The largest absolute Gasteiger partial charge is 0.299 e. The molecule has 2 saturated carbocycles. The molecule has 0 saturated heterocycles. The Balaban J connectivity index is 2.37. The molecule has 2 atom stereocenters. The Morgan fingerprint density at radius 1 is 1.36 bits per heavy atom. The van der Waals surface area contributed by atoms with Crippen molar-refractivity contribution in [3.8, 4) is 0 Å². The molecule has 60 valence electrons. The van der Waals surface area contributed by atoms with E-state index in [1.807, 2.05) is 6.92 Å². The van der Waals surface area contributed by atoms with Crippen LogP contribution >= 0.6 is 0 Å². The summed E-state index contributed by atoms with van der Waals surface area (Å²) in [6, 6.07) is 0. The van der Waals surface area contributed by atoms with Crippen molar-refractivity contribution in [1.29, 1.82) is 0 Å². The van der Waals surface area contributed by atoms with E-state index in [1.54, 1.807) is 0 Å². The number of hydrogen-bond acceptors (Lipinski definition) is 2. The molecule has 2 aliphatic carbocycles. The van der Waals surface area contributed by atoms with Crippen molar-refractivity contribution in [1.82, 2.24) is 0 Å². The Hall–Kier alpha value is -0.660. The number of rotatable bonds is 0. The summed E-state index contributed by atoms with van der Waals surface area (Å²) in [4.78, 5) is 22.6. The van der Waals surface area contributed by atoms with Crippen LogP contribution in [0.2, 0.25) is 0 Å². The summed E-state index contributed by atoms with van der Waals surface area (Å²) < 4.78 is 0. The number of carbonyl (C=O) groups is 2. The summed E-state index contributed by atoms with van der Waals surface area (Å²) in [7, 11) is 0. The van der Waals surface area contributed by atoms with Crippen LogP contribution in [0.25, 0.3) is 0 Å². The first kappa shape index (κ1) is 7.01. The monoisotopic (exact) mass is 152 g/mol. The molecule has 0 aromatic carbocycles. The van der Waals surface area contributed by atoms with Crippen LogP contribution in [0.1, 0.15) is 32.6 Å². The van der Waals surface area contributed by atoms with E-state index < -0.39 is 0 Å². The van der Waals surface area contributed by atoms with Crippen LogP contribution in [0, 0.1) is 11.3 Å². The minimum atomic E-state index is -0.253. The number of fused-ring (bicyclic) bond motifs is 1. The van der Waals surface area contributed by atoms with Gasteiger partial charge in [-0.2, -0.15) is 0 Å². The lowest BCUT2D eigenvalue weighted by Gasteiger charge is -2.19. The van der Waals surface area contributed by atoms with Crippen molar-refractivity contribution in [3.63, 3.8) is 0 Å². The van der Waals surface area contributed by atoms with Gasteiger partial charge in [-0.3, -0.25) is 9.59 Å². The Labute approximate surface area is 66.0 Å². The molecule has 2 rings (SSSR count). The van der Waals surface area contributed by atoms with Crippen molar-refractivity contribution in [2.24, 2.45) is 11.3 Å². The van der Waals surface area contributed by atoms with Crippen LogP contribution in [0.3, 0.4) is 0 Å². The maximum absolute atomic E-state index is 11.4. The van der Waals surface area contributed by atoms with Gasteiger partial charge in [0.15, 0.2) is 0 Å². The molecular weight excluding hydrogens is 140 g/mol.